The summed E-state index contributed by atoms with van der Waals surface area (Å²) < 4.78 is 5.05. The van der Waals surface area contributed by atoms with Crippen LogP contribution in [0, 0.1) is 0 Å². The lowest BCUT2D eigenvalue weighted by Gasteiger charge is -2.26. The number of anilines is 3. The van der Waals surface area contributed by atoms with Crippen LogP contribution in [-0.4, -0.2) is 4.57 Å². The Kier molecular flexibility index (Phi) is 8.04. The van der Waals surface area contributed by atoms with Gasteiger partial charge in [-0.1, -0.05) is 140 Å². The van der Waals surface area contributed by atoms with Crippen molar-refractivity contribution < 1.29 is 0 Å². The number of hydrogen-bond acceptors (Lipinski definition) is 2. The van der Waals surface area contributed by atoms with Crippen LogP contribution >= 0.6 is 11.3 Å². The summed E-state index contributed by atoms with van der Waals surface area (Å²) in [5, 5.41) is 5.09. The minimum Gasteiger partial charge on any atom is -0.310 e. The van der Waals surface area contributed by atoms with Crippen molar-refractivity contribution in [2.24, 2.45) is 0 Å². The molecule has 57 heavy (non-hydrogen) atoms. The average molecular weight is 745 g/mol. The first-order valence-corrected chi connectivity index (χ1v) is 20.2. The second-order valence-corrected chi connectivity index (χ2v) is 15.6. The molecule has 0 saturated heterocycles. The molecule has 2 nitrogen and oxygen atoms in total. The molecule has 0 aliphatic heterocycles. The van der Waals surface area contributed by atoms with E-state index in [0.717, 1.165) is 22.7 Å². The number of benzene rings is 9. The molecule has 11 rings (SSSR count). The highest BCUT2D eigenvalue weighted by atomic mass is 32.1. The lowest BCUT2D eigenvalue weighted by Crippen LogP contribution is -2.10. The molecule has 0 fully saturated rings. The Morgan fingerprint density at radius 1 is 0.333 bits per heavy atom. The molecule has 0 atom stereocenters. The first-order valence-electron chi connectivity index (χ1n) is 19.4. The summed E-state index contributed by atoms with van der Waals surface area (Å²) in [4.78, 5) is 2.39. The van der Waals surface area contributed by atoms with Gasteiger partial charge >= 0.3 is 0 Å². The second kappa shape index (κ2) is 13.8. The van der Waals surface area contributed by atoms with Crippen LogP contribution in [-0.2, 0) is 0 Å². The molecule has 0 amide bonds. The lowest BCUT2D eigenvalue weighted by atomic mass is 9.99. The Labute approximate surface area is 335 Å². The number of thiophene rings is 1. The van der Waals surface area contributed by atoms with Crippen LogP contribution < -0.4 is 4.90 Å². The molecule has 11 aromatic rings. The maximum Gasteiger partial charge on any atom is 0.0547 e. The third kappa shape index (κ3) is 5.80. The molecule has 3 heteroatoms. The van der Waals surface area contributed by atoms with Crippen molar-refractivity contribution in [3.63, 3.8) is 0 Å². The zero-order chi connectivity index (χ0) is 37.7. The van der Waals surface area contributed by atoms with E-state index in [9.17, 15) is 0 Å². The Bertz CT molecular complexity index is 3200. The summed E-state index contributed by atoms with van der Waals surface area (Å²) in [6.45, 7) is 0. The maximum atomic E-state index is 2.40. The monoisotopic (exact) mass is 744 g/mol. The van der Waals surface area contributed by atoms with E-state index in [1.54, 1.807) is 0 Å². The third-order valence-corrected chi connectivity index (χ3v) is 12.4. The molecular formula is C54H36N2S. The van der Waals surface area contributed by atoms with Gasteiger partial charge in [0.2, 0.25) is 0 Å². The van der Waals surface area contributed by atoms with E-state index < -0.39 is 0 Å². The van der Waals surface area contributed by atoms with E-state index in [-0.39, 0.29) is 0 Å². The summed E-state index contributed by atoms with van der Waals surface area (Å²) in [6.07, 6.45) is 0. The van der Waals surface area contributed by atoms with Gasteiger partial charge in [-0.2, -0.15) is 0 Å². The molecule has 0 unspecified atom stereocenters. The largest absolute Gasteiger partial charge is 0.310 e. The van der Waals surface area contributed by atoms with Crippen LogP contribution in [0.5, 0.6) is 0 Å². The molecule has 0 aliphatic carbocycles. The fourth-order valence-corrected chi connectivity index (χ4v) is 9.59. The van der Waals surface area contributed by atoms with Crippen LogP contribution in [0.1, 0.15) is 0 Å². The van der Waals surface area contributed by atoms with Crippen LogP contribution in [0.2, 0.25) is 0 Å². The summed E-state index contributed by atoms with van der Waals surface area (Å²) in [5.41, 5.74) is 14.1. The van der Waals surface area contributed by atoms with Gasteiger partial charge in [-0.3, -0.25) is 0 Å². The van der Waals surface area contributed by atoms with Crippen molar-refractivity contribution in [1.82, 2.24) is 4.57 Å². The number of para-hydroxylation sites is 1. The fourth-order valence-electron chi connectivity index (χ4n) is 8.50. The van der Waals surface area contributed by atoms with Gasteiger partial charge in [0, 0.05) is 53.7 Å². The predicted molar refractivity (Wildman–Crippen MR) is 245 cm³/mol. The lowest BCUT2D eigenvalue weighted by molar-refractivity contribution is 1.18. The molecule has 0 saturated carbocycles. The normalized spacial score (nSPS) is 11.5. The van der Waals surface area contributed by atoms with Gasteiger partial charge in [-0.25, -0.2) is 0 Å². The Balaban J connectivity index is 1.09. The van der Waals surface area contributed by atoms with Crippen molar-refractivity contribution in [2.75, 3.05) is 4.90 Å². The summed E-state index contributed by atoms with van der Waals surface area (Å²) in [5.74, 6) is 0. The standard InChI is InChI=1S/C54H36N2S/c1-4-13-37(14-5-1)38-23-28-43(29-24-38)55(44-30-25-39(26-31-44)41-27-34-53-48(35-41)47-19-10-11-22-52(47)57-53)45-32-33-50-49(36-45)54-46(40-15-6-2-7-16-40)20-12-21-51(54)56(50)42-17-8-3-9-18-42/h1-36H. The van der Waals surface area contributed by atoms with Gasteiger partial charge in [0.1, 0.15) is 0 Å². The van der Waals surface area contributed by atoms with E-state index in [4.69, 9.17) is 0 Å². The molecule has 2 heterocycles. The van der Waals surface area contributed by atoms with E-state index in [2.05, 4.69) is 228 Å². The Morgan fingerprint density at radius 2 is 0.895 bits per heavy atom. The summed E-state index contributed by atoms with van der Waals surface area (Å²) >= 11 is 1.86. The maximum absolute atomic E-state index is 2.40. The minimum atomic E-state index is 1.10. The van der Waals surface area contributed by atoms with Crippen molar-refractivity contribution in [1.29, 1.82) is 0 Å². The first kappa shape index (κ1) is 33.2. The SMILES string of the molecule is c1ccc(-c2ccc(N(c3ccc(-c4ccc5sc6ccccc6c5c4)cc3)c3ccc4c(c3)c3c(-c5ccccc5)cccc3n4-c3ccccc3)cc2)cc1. The minimum absolute atomic E-state index is 1.10. The van der Waals surface area contributed by atoms with Crippen molar-refractivity contribution >= 4 is 70.4 Å². The van der Waals surface area contributed by atoms with Crippen molar-refractivity contribution in [3.05, 3.63) is 218 Å². The quantitative estimate of drug-likeness (QED) is 0.158. The first-order chi connectivity index (χ1) is 28.3. The Morgan fingerprint density at radius 3 is 1.61 bits per heavy atom. The van der Waals surface area contributed by atoms with Crippen LogP contribution in [0.15, 0.2) is 218 Å². The van der Waals surface area contributed by atoms with Gasteiger partial charge in [0.05, 0.1) is 11.0 Å². The van der Waals surface area contributed by atoms with Gasteiger partial charge in [0.15, 0.2) is 0 Å². The van der Waals surface area contributed by atoms with E-state index in [1.807, 2.05) is 11.3 Å². The number of nitrogens with zero attached hydrogens (tertiary/aromatic N) is 2. The smallest absolute Gasteiger partial charge is 0.0547 e. The van der Waals surface area contributed by atoms with E-state index >= 15 is 0 Å². The van der Waals surface area contributed by atoms with Gasteiger partial charge in [0.25, 0.3) is 0 Å². The molecule has 9 aromatic carbocycles. The van der Waals surface area contributed by atoms with E-state index in [0.29, 0.717) is 0 Å². The summed E-state index contributed by atoms with van der Waals surface area (Å²) in [7, 11) is 0. The zero-order valence-corrected chi connectivity index (χ0v) is 31.9. The van der Waals surface area contributed by atoms with Crippen molar-refractivity contribution in [3.8, 4) is 39.1 Å². The number of fused-ring (bicyclic) bond motifs is 6. The Hall–Kier alpha value is -7.20. The van der Waals surface area contributed by atoms with Gasteiger partial charge in [-0.05, 0) is 112 Å². The van der Waals surface area contributed by atoms with Crippen LogP contribution in [0.3, 0.4) is 0 Å². The molecule has 0 N–H and O–H groups in total. The number of rotatable bonds is 7. The molecule has 0 radical (unpaired) electrons. The zero-order valence-electron chi connectivity index (χ0n) is 31.1. The topological polar surface area (TPSA) is 8.17 Å². The summed E-state index contributed by atoms with van der Waals surface area (Å²) in [6, 6.07) is 79.4. The predicted octanol–water partition coefficient (Wildman–Crippen LogP) is 15.6. The van der Waals surface area contributed by atoms with Crippen LogP contribution in [0.4, 0.5) is 17.1 Å². The highest BCUT2D eigenvalue weighted by molar-refractivity contribution is 7.25. The molecule has 0 bridgehead atoms. The fraction of sp³-hybridized carbons (Fsp3) is 0. The number of hydrogen-bond donors (Lipinski definition) is 0. The highest BCUT2D eigenvalue weighted by Gasteiger charge is 2.20. The molecule has 0 aliphatic rings. The molecule has 2 aromatic heterocycles. The number of aromatic nitrogens is 1. The molecular weight excluding hydrogens is 709 g/mol. The third-order valence-electron chi connectivity index (χ3n) is 11.2. The highest BCUT2D eigenvalue weighted by Crippen LogP contribution is 2.44. The van der Waals surface area contributed by atoms with Crippen LogP contribution in [0.25, 0.3) is 81.0 Å². The van der Waals surface area contributed by atoms with Crippen molar-refractivity contribution in [2.45, 2.75) is 0 Å². The molecule has 268 valence electrons. The van der Waals surface area contributed by atoms with Gasteiger partial charge < -0.3 is 9.47 Å². The average Bonchev–Trinajstić information content (AvgIpc) is 3.83. The van der Waals surface area contributed by atoms with Gasteiger partial charge in [-0.15, -0.1) is 11.3 Å². The second-order valence-electron chi connectivity index (χ2n) is 14.5. The van der Waals surface area contributed by atoms with E-state index in [1.165, 1.54) is 75.4 Å². The molecule has 0 spiro atoms.